The van der Waals surface area contributed by atoms with Crippen molar-refractivity contribution in [2.45, 2.75) is 0 Å². The molecule has 1 heterocycles. The smallest absolute Gasteiger partial charge is 0.266 e. The van der Waals surface area contributed by atoms with Crippen LogP contribution < -0.4 is 16.7 Å². The fourth-order valence-electron chi connectivity index (χ4n) is 2.23. The van der Waals surface area contributed by atoms with Crippen LogP contribution in [-0.4, -0.2) is 20.9 Å². The van der Waals surface area contributed by atoms with E-state index >= 15 is 0 Å². The quantitative estimate of drug-likeness (QED) is 0.426. The minimum Gasteiger partial charge on any atom is -0.375 e. The number of hydrogen-bond donors (Lipinski definition) is 2. The fourth-order valence-corrected chi connectivity index (χ4v) is 2.41. The van der Waals surface area contributed by atoms with Gasteiger partial charge >= 0.3 is 0 Å². The molecule has 8 heteroatoms. The van der Waals surface area contributed by atoms with Crippen LogP contribution >= 0.6 is 23.8 Å². The van der Waals surface area contributed by atoms with Crippen molar-refractivity contribution in [2.75, 3.05) is 0 Å². The molecule has 0 saturated heterocycles. The molecule has 0 fully saturated rings. The molecule has 24 heavy (non-hydrogen) atoms. The third-order valence-corrected chi connectivity index (χ3v) is 3.58. The Morgan fingerprint density at radius 1 is 1.25 bits per heavy atom. The summed E-state index contributed by atoms with van der Waals surface area (Å²) < 4.78 is 1.45. The van der Waals surface area contributed by atoms with Gasteiger partial charge in [0.15, 0.2) is 10.9 Å². The van der Waals surface area contributed by atoms with Gasteiger partial charge in [0.1, 0.15) is 0 Å². The highest BCUT2D eigenvalue weighted by atomic mass is 35.5. The average Bonchev–Trinajstić information content (AvgIpc) is 2.56. The number of nitrogens with two attached hydrogens (primary N) is 1. The normalized spacial score (nSPS) is 11.0. The van der Waals surface area contributed by atoms with Gasteiger partial charge in [-0.15, -0.1) is 0 Å². The zero-order chi connectivity index (χ0) is 17.1. The van der Waals surface area contributed by atoms with Crippen LogP contribution in [0.4, 0.5) is 0 Å². The van der Waals surface area contributed by atoms with Crippen molar-refractivity contribution in [3.63, 3.8) is 0 Å². The van der Waals surface area contributed by atoms with Gasteiger partial charge in [0, 0.05) is 5.02 Å². The number of nitrogens with one attached hydrogen (secondary N) is 1. The van der Waals surface area contributed by atoms with E-state index in [0.717, 1.165) is 0 Å². The zero-order valence-corrected chi connectivity index (χ0v) is 13.9. The summed E-state index contributed by atoms with van der Waals surface area (Å²) in [6.07, 6.45) is 1.39. The largest absolute Gasteiger partial charge is 0.375 e. The van der Waals surface area contributed by atoms with E-state index in [1.54, 1.807) is 42.5 Å². The maximum atomic E-state index is 12.9. The molecule has 6 nitrogen and oxygen atoms in total. The summed E-state index contributed by atoms with van der Waals surface area (Å²) in [6.45, 7) is 0. The van der Waals surface area contributed by atoms with Crippen molar-refractivity contribution in [1.82, 2.24) is 15.0 Å². The molecule has 3 rings (SSSR count). The van der Waals surface area contributed by atoms with Gasteiger partial charge in [0.05, 0.1) is 22.8 Å². The van der Waals surface area contributed by atoms with Crippen molar-refractivity contribution in [3.05, 3.63) is 69.7 Å². The number of halogens is 1. The second-order valence-corrected chi connectivity index (χ2v) is 5.71. The van der Waals surface area contributed by atoms with E-state index in [1.165, 1.54) is 10.8 Å². The predicted molar refractivity (Wildman–Crippen MR) is 99.9 cm³/mol. The molecular weight excluding hydrogens is 346 g/mol. The third-order valence-electron chi connectivity index (χ3n) is 3.24. The molecule has 0 aliphatic rings. The zero-order valence-electron chi connectivity index (χ0n) is 12.3. The number of rotatable bonds is 3. The Bertz CT molecular complexity index is 998. The molecule has 0 amide bonds. The van der Waals surface area contributed by atoms with Gasteiger partial charge in [-0.2, -0.15) is 5.10 Å². The molecule has 0 radical (unpaired) electrons. The molecule has 0 bridgehead atoms. The van der Waals surface area contributed by atoms with Crippen molar-refractivity contribution in [2.24, 2.45) is 10.8 Å². The molecule has 3 N–H and O–H groups in total. The molecule has 0 aliphatic carbocycles. The first-order valence-electron chi connectivity index (χ1n) is 6.92. The van der Waals surface area contributed by atoms with Crippen molar-refractivity contribution in [3.8, 4) is 5.69 Å². The molecular formula is C16H12ClN5OS. The summed E-state index contributed by atoms with van der Waals surface area (Å²) in [5.74, 6) is 0.338. The topological polar surface area (TPSA) is 85.3 Å². The molecule has 120 valence electrons. The van der Waals surface area contributed by atoms with Crippen LogP contribution in [0.3, 0.4) is 0 Å². The number of thiocarbonyl (C=S) groups is 1. The number of aromatic nitrogens is 2. The molecule has 1 aromatic heterocycles. The first-order valence-corrected chi connectivity index (χ1v) is 7.71. The van der Waals surface area contributed by atoms with Crippen molar-refractivity contribution in [1.29, 1.82) is 0 Å². The van der Waals surface area contributed by atoms with Crippen LogP contribution in [0.2, 0.25) is 5.02 Å². The summed E-state index contributed by atoms with van der Waals surface area (Å²) in [5, 5.41) is 5.01. The van der Waals surface area contributed by atoms with E-state index < -0.39 is 0 Å². The standard InChI is InChI=1S/C16H12ClN5OS/c17-10-5-7-11(8-6-10)22-14(9-19-21-16(18)24)20-13-4-2-1-3-12(13)15(22)23/h1-9H,(H3,18,21,24). The summed E-state index contributed by atoms with van der Waals surface area (Å²) in [5.41, 5.74) is 8.79. The van der Waals surface area contributed by atoms with E-state index in [9.17, 15) is 4.79 Å². The van der Waals surface area contributed by atoms with Crippen LogP contribution in [0.15, 0.2) is 58.4 Å². The van der Waals surface area contributed by atoms with Gasteiger partial charge in [-0.3, -0.25) is 14.8 Å². The molecule has 2 aromatic carbocycles. The van der Waals surface area contributed by atoms with Crippen molar-refractivity contribution >= 4 is 46.0 Å². The monoisotopic (exact) mass is 357 g/mol. The van der Waals surface area contributed by atoms with Gasteiger partial charge in [-0.25, -0.2) is 4.98 Å². The van der Waals surface area contributed by atoms with Gasteiger partial charge in [0.2, 0.25) is 0 Å². The predicted octanol–water partition coefficient (Wildman–Crippen LogP) is 2.21. The lowest BCUT2D eigenvalue weighted by atomic mass is 10.2. The van der Waals surface area contributed by atoms with Crippen LogP contribution in [0.5, 0.6) is 0 Å². The van der Waals surface area contributed by atoms with Gasteiger partial charge in [0.25, 0.3) is 5.56 Å². The molecule has 0 atom stereocenters. The van der Waals surface area contributed by atoms with E-state index in [2.05, 4.69) is 15.5 Å². The first-order chi connectivity index (χ1) is 11.6. The molecule has 0 spiro atoms. The fraction of sp³-hybridized carbons (Fsp3) is 0. The lowest BCUT2D eigenvalue weighted by molar-refractivity contribution is 0.939. The molecule has 0 saturated carbocycles. The Kier molecular flexibility index (Phi) is 4.54. The van der Waals surface area contributed by atoms with Crippen LogP contribution in [0, 0.1) is 0 Å². The molecule has 3 aromatic rings. The molecule has 0 aliphatic heterocycles. The average molecular weight is 358 g/mol. The maximum Gasteiger partial charge on any atom is 0.266 e. The van der Waals surface area contributed by atoms with Gasteiger partial charge in [-0.1, -0.05) is 23.7 Å². The Morgan fingerprint density at radius 2 is 1.96 bits per heavy atom. The van der Waals surface area contributed by atoms with Gasteiger partial charge < -0.3 is 5.73 Å². The van der Waals surface area contributed by atoms with Crippen LogP contribution in [0.1, 0.15) is 5.82 Å². The Labute approximate surface area is 147 Å². The number of benzene rings is 2. The van der Waals surface area contributed by atoms with E-state index in [4.69, 9.17) is 29.6 Å². The summed E-state index contributed by atoms with van der Waals surface area (Å²) in [6, 6.07) is 14.0. The molecule has 0 unspecified atom stereocenters. The highest BCUT2D eigenvalue weighted by molar-refractivity contribution is 7.80. The van der Waals surface area contributed by atoms with E-state index in [0.29, 0.717) is 27.4 Å². The number of hydrazone groups is 1. The Hall–Kier alpha value is -2.77. The highest BCUT2D eigenvalue weighted by Gasteiger charge is 2.11. The Morgan fingerprint density at radius 3 is 2.67 bits per heavy atom. The van der Waals surface area contributed by atoms with Crippen LogP contribution in [0.25, 0.3) is 16.6 Å². The number of hydrogen-bond acceptors (Lipinski definition) is 4. The highest BCUT2D eigenvalue weighted by Crippen LogP contribution is 2.15. The van der Waals surface area contributed by atoms with E-state index in [1.807, 2.05) is 6.07 Å². The second-order valence-electron chi connectivity index (χ2n) is 4.84. The summed E-state index contributed by atoms with van der Waals surface area (Å²) >= 11 is 10.6. The van der Waals surface area contributed by atoms with Crippen LogP contribution in [-0.2, 0) is 0 Å². The third kappa shape index (κ3) is 3.27. The number of para-hydroxylation sites is 1. The SMILES string of the molecule is NC(=S)NN=Cc1nc2ccccc2c(=O)n1-c1ccc(Cl)cc1. The lowest BCUT2D eigenvalue weighted by Crippen LogP contribution is -2.26. The Balaban J connectivity index is 2.25. The van der Waals surface area contributed by atoms with Crippen molar-refractivity contribution < 1.29 is 0 Å². The van der Waals surface area contributed by atoms with Gasteiger partial charge in [-0.05, 0) is 48.6 Å². The summed E-state index contributed by atoms with van der Waals surface area (Å²) in [7, 11) is 0. The minimum atomic E-state index is -0.209. The second kappa shape index (κ2) is 6.77. The first kappa shape index (κ1) is 16.1. The maximum absolute atomic E-state index is 12.9. The summed E-state index contributed by atoms with van der Waals surface area (Å²) in [4.78, 5) is 17.4. The van der Waals surface area contributed by atoms with E-state index in [-0.39, 0.29) is 10.7 Å². The minimum absolute atomic E-state index is 0.0208. The lowest BCUT2D eigenvalue weighted by Gasteiger charge is -2.11. The number of fused-ring (bicyclic) bond motifs is 1. The number of nitrogens with zero attached hydrogens (tertiary/aromatic N) is 3.